The fourth-order valence-corrected chi connectivity index (χ4v) is 2.50. The molecule has 0 fully saturated rings. The highest BCUT2D eigenvalue weighted by atomic mass is 16.5. The molecular formula is C23H31N3O3. The van der Waals surface area contributed by atoms with E-state index >= 15 is 0 Å². The van der Waals surface area contributed by atoms with Crippen LogP contribution in [-0.4, -0.2) is 30.5 Å². The summed E-state index contributed by atoms with van der Waals surface area (Å²) in [5.41, 5.74) is 1.94. The largest absolute Gasteiger partial charge is 0.491 e. The van der Waals surface area contributed by atoms with Crippen molar-refractivity contribution in [3.63, 3.8) is 0 Å². The molecule has 2 rings (SSSR count). The van der Waals surface area contributed by atoms with Gasteiger partial charge in [-0.2, -0.15) is 0 Å². The third kappa shape index (κ3) is 7.49. The fraction of sp³-hybridized carbons (Fsp3) is 0.391. The van der Waals surface area contributed by atoms with Gasteiger partial charge in [-0.3, -0.25) is 9.59 Å². The zero-order chi connectivity index (χ0) is 21.2. The highest BCUT2D eigenvalue weighted by molar-refractivity contribution is 5.98. The summed E-state index contributed by atoms with van der Waals surface area (Å²) in [7, 11) is 0. The molecule has 2 aromatic carbocycles. The van der Waals surface area contributed by atoms with E-state index in [0.29, 0.717) is 11.3 Å². The lowest BCUT2D eigenvalue weighted by Crippen LogP contribution is -2.32. The Balaban J connectivity index is 1.86. The highest BCUT2D eigenvalue weighted by Crippen LogP contribution is 2.17. The first-order valence-corrected chi connectivity index (χ1v) is 10.1. The summed E-state index contributed by atoms with van der Waals surface area (Å²) in [4.78, 5) is 24.5. The van der Waals surface area contributed by atoms with Gasteiger partial charge in [0.1, 0.15) is 5.75 Å². The minimum atomic E-state index is -0.190. The van der Waals surface area contributed by atoms with Gasteiger partial charge < -0.3 is 20.7 Å². The maximum Gasteiger partial charge on any atom is 0.251 e. The Morgan fingerprint density at radius 1 is 0.966 bits per heavy atom. The average molecular weight is 398 g/mol. The third-order valence-electron chi connectivity index (χ3n) is 4.62. The number of amides is 2. The van der Waals surface area contributed by atoms with Crippen molar-refractivity contribution in [2.45, 2.75) is 52.7 Å². The summed E-state index contributed by atoms with van der Waals surface area (Å²) >= 11 is 0. The second kappa shape index (κ2) is 11.1. The summed E-state index contributed by atoms with van der Waals surface area (Å²) in [5.74, 6) is 0.472. The molecule has 0 heterocycles. The smallest absolute Gasteiger partial charge is 0.251 e. The Hall–Kier alpha value is -3.02. The number of rotatable bonds is 10. The van der Waals surface area contributed by atoms with Crippen LogP contribution in [0.15, 0.2) is 48.5 Å². The first-order valence-electron chi connectivity index (χ1n) is 10.1. The molecule has 2 atom stereocenters. The molecule has 0 aromatic heterocycles. The molecule has 0 bridgehead atoms. The van der Waals surface area contributed by atoms with Crippen LogP contribution in [0.3, 0.4) is 0 Å². The predicted molar refractivity (Wildman–Crippen MR) is 118 cm³/mol. The molecule has 0 radical (unpaired) electrons. The maximum atomic E-state index is 12.2. The van der Waals surface area contributed by atoms with Crippen LogP contribution in [-0.2, 0) is 4.79 Å². The number of hydrogen-bond donors (Lipinski definition) is 3. The van der Waals surface area contributed by atoms with Crippen molar-refractivity contribution in [2.75, 3.05) is 17.2 Å². The van der Waals surface area contributed by atoms with E-state index < -0.39 is 0 Å². The average Bonchev–Trinajstić information content (AvgIpc) is 2.73. The van der Waals surface area contributed by atoms with E-state index in [9.17, 15) is 9.59 Å². The van der Waals surface area contributed by atoms with Crippen molar-refractivity contribution in [2.24, 2.45) is 0 Å². The van der Waals surface area contributed by atoms with E-state index in [0.717, 1.165) is 24.3 Å². The zero-order valence-corrected chi connectivity index (χ0v) is 17.6. The van der Waals surface area contributed by atoms with Gasteiger partial charge in [-0.25, -0.2) is 0 Å². The second-order valence-corrected chi connectivity index (χ2v) is 7.13. The molecule has 2 aromatic rings. The zero-order valence-electron chi connectivity index (χ0n) is 17.6. The lowest BCUT2D eigenvalue weighted by Gasteiger charge is -2.13. The first-order chi connectivity index (χ1) is 13.9. The number of benzene rings is 2. The topological polar surface area (TPSA) is 79.5 Å². The van der Waals surface area contributed by atoms with Crippen molar-refractivity contribution in [1.29, 1.82) is 0 Å². The van der Waals surface area contributed by atoms with Crippen molar-refractivity contribution in [3.8, 4) is 5.75 Å². The van der Waals surface area contributed by atoms with Gasteiger partial charge >= 0.3 is 0 Å². The van der Waals surface area contributed by atoms with Gasteiger partial charge in [0, 0.05) is 23.0 Å². The Morgan fingerprint density at radius 3 is 2.34 bits per heavy atom. The normalized spacial score (nSPS) is 12.6. The molecule has 2 amide bonds. The van der Waals surface area contributed by atoms with Crippen LogP contribution in [0.1, 0.15) is 50.9 Å². The molecule has 6 heteroatoms. The Bertz CT molecular complexity index is 805. The van der Waals surface area contributed by atoms with Gasteiger partial charge in [-0.05, 0) is 69.2 Å². The standard InChI is InChI=1S/C23H31N3O3/c1-5-16(3)25-23(28)18-8-7-9-20(14-18)26-22(27)15-24-19-10-12-21(13-11-19)29-17(4)6-2/h7-14,16-17,24H,5-6,15H2,1-4H3,(H,25,28)(H,26,27). The van der Waals surface area contributed by atoms with Crippen molar-refractivity contribution in [3.05, 3.63) is 54.1 Å². The lowest BCUT2D eigenvalue weighted by molar-refractivity contribution is -0.114. The molecule has 3 N–H and O–H groups in total. The molecular weight excluding hydrogens is 366 g/mol. The van der Waals surface area contributed by atoms with Crippen LogP contribution in [0, 0.1) is 0 Å². The summed E-state index contributed by atoms with van der Waals surface area (Å²) in [6.07, 6.45) is 1.97. The van der Waals surface area contributed by atoms with E-state index in [2.05, 4.69) is 22.9 Å². The van der Waals surface area contributed by atoms with Gasteiger partial charge in [-0.1, -0.05) is 19.9 Å². The van der Waals surface area contributed by atoms with Crippen LogP contribution in [0.25, 0.3) is 0 Å². The van der Waals surface area contributed by atoms with Gasteiger partial charge in [0.05, 0.1) is 12.6 Å². The molecule has 0 aliphatic rings. The summed E-state index contributed by atoms with van der Waals surface area (Å²) < 4.78 is 5.74. The van der Waals surface area contributed by atoms with Crippen molar-refractivity contribution in [1.82, 2.24) is 5.32 Å². The molecule has 0 saturated carbocycles. The number of anilines is 2. The van der Waals surface area contributed by atoms with Crippen LogP contribution in [0.4, 0.5) is 11.4 Å². The number of nitrogens with one attached hydrogen (secondary N) is 3. The number of ether oxygens (including phenoxy) is 1. The van der Waals surface area contributed by atoms with Gasteiger partial charge in [0.25, 0.3) is 5.91 Å². The second-order valence-electron chi connectivity index (χ2n) is 7.13. The molecule has 0 spiro atoms. The molecule has 0 aliphatic carbocycles. The minimum absolute atomic E-state index is 0.104. The number of carbonyl (C=O) groups is 2. The van der Waals surface area contributed by atoms with Crippen LogP contribution >= 0.6 is 0 Å². The Labute approximate surface area is 173 Å². The van der Waals surface area contributed by atoms with Crippen molar-refractivity contribution < 1.29 is 14.3 Å². The first kappa shape index (κ1) is 22.3. The van der Waals surface area contributed by atoms with Crippen LogP contribution in [0.5, 0.6) is 5.75 Å². The van der Waals surface area contributed by atoms with Crippen LogP contribution in [0.2, 0.25) is 0 Å². The molecule has 6 nitrogen and oxygen atoms in total. The maximum absolute atomic E-state index is 12.2. The Morgan fingerprint density at radius 2 is 1.69 bits per heavy atom. The van der Waals surface area contributed by atoms with E-state index in [4.69, 9.17) is 4.74 Å². The van der Waals surface area contributed by atoms with E-state index in [-0.39, 0.29) is 30.5 Å². The van der Waals surface area contributed by atoms with Gasteiger partial charge in [0.15, 0.2) is 0 Å². The Kier molecular flexibility index (Phi) is 8.52. The van der Waals surface area contributed by atoms with Gasteiger partial charge in [-0.15, -0.1) is 0 Å². The quantitative estimate of drug-likeness (QED) is 0.554. The SMILES string of the molecule is CCC(C)NC(=O)c1cccc(NC(=O)CNc2ccc(OC(C)CC)cc2)c1. The fourth-order valence-electron chi connectivity index (χ4n) is 2.50. The molecule has 0 saturated heterocycles. The molecule has 0 aliphatic heterocycles. The van der Waals surface area contributed by atoms with Crippen LogP contribution < -0.4 is 20.7 Å². The monoisotopic (exact) mass is 397 g/mol. The van der Waals surface area contributed by atoms with E-state index in [1.54, 1.807) is 24.3 Å². The third-order valence-corrected chi connectivity index (χ3v) is 4.62. The predicted octanol–water partition coefficient (Wildman–Crippen LogP) is 4.44. The minimum Gasteiger partial charge on any atom is -0.491 e. The molecule has 29 heavy (non-hydrogen) atoms. The summed E-state index contributed by atoms with van der Waals surface area (Å²) in [6, 6.07) is 14.6. The number of hydrogen-bond acceptors (Lipinski definition) is 4. The molecule has 2 unspecified atom stereocenters. The van der Waals surface area contributed by atoms with Crippen molar-refractivity contribution >= 4 is 23.2 Å². The van der Waals surface area contributed by atoms with E-state index in [1.165, 1.54) is 0 Å². The lowest BCUT2D eigenvalue weighted by atomic mass is 10.1. The van der Waals surface area contributed by atoms with Gasteiger partial charge in [0.2, 0.25) is 5.91 Å². The summed E-state index contributed by atoms with van der Waals surface area (Å²) in [5, 5.41) is 8.82. The van der Waals surface area contributed by atoms with E-state index in [1.807, 2.05) is 45.0 Å². The molecule has 156 valence electrons. The highest BCUT2D eigenvalue weighted by Gasteiger charge is 2.10. The number of carbonyl (C=O) groups excluding carboxylic acids is 2. The summed E-state index contributed by atoms with van der Waals surface area (Å²) in [6.45, 7) is 8.19.